The van der Waals surface area contributed by atoms with Crippen LogP contribution in [-0.2, 0) is 4.79 Å². The number of hydrogen-bond donors (Lipinski definition) is 1. The van der Waals surface area contributed by atoms with Gasteiger partial charge in [0.05, 0.1) is 19.7 Å². The maximum Gasteiger partial charge on any atom is 0.238 e. The van der Waals surface area contributed by atoms with Gasteiger partial charge in [0, 0.05) is 30.8 Å². The minimum Gasteiger partial charge on any atom is -0.497 e. The predicted octanol–water partition coefficient (Wildman–Crippen LogP) is 2.01. The molecule has 1 saturated carbocycles. The summed E-state index contributed by atoms with van der Waals surface area (Å²) in [6.45, 7) is 0.996. The maximum absolute atomic E-state index is 12.0. The Balaban J connectivity index is 1.88. The van der Waals surface area contributed by atoms with E-state index in [1.807, 2.05) is 18.2 Å². The first-order valence-electron chi connectivity index (χ1n) is 6.78. The summed E-state index contributed by atoms with van der Waals surface area (Å²) in [5.41, 5.74) is 0.727. The van der Waals surface area contributed by atoms with Crippen molar-refractivity contribution in [3.63, 3.8) is 0 Å². The number of hydrogen-bond acceptors (Lipinski definition) is 4. The van der Waals surface area contributed by atoms with Crippen LogP contribution >= 0.6 is 0 Å². The largest absolute Gasteiger partial charge is 0.497 e. The summed E-state index contributed by atoms with van der Waals surface area (Å²) in [5.74, 6) is 0.662. The highest BCUT2D eigenvalue weighted by atomic mass is 16.5. The van der Waals surface area contributed by atoms with Crippen LogP contribution in [0.25, 0.3) is 0 Å². The predicted molar refractivity (Wildman–Crippen MR) is 76.4 cm³/mol. The number of benzene rings is 1. The first kappa shape index (κ1) is 14.4. The topological polar surface area (TPSA) is 65.4 Å². The van der Waals surface area contributed by atoms with Gasteiger partial charge in [0.1, 0.15) is 5.75 Å². The SMILES string of the molecule is COc1cccc(NC(=O)CN(CCC#N)C2CC2)c1. The van der Waals surface area contributed by atoms with Crippen LogP contribution in [0.2, 0.25) is 0 Å². The van der Waals surface area contributed by atoms with E-state index in [1.54, 1.807) is 13.2 Å². The Hall–Kier alpha value is -2.06. The average molecular weight is 273 g/mol. The summed E-state index contributed by atoms with van der Waals surface area (Å²) < 4.78 is 5.12. The summed E-state index contributed by atoms with van der Waals surface area (Å²) in [4.78, 5) is 14.1. The van der Waals surface area contributed by atoms with Gasteiger partial charge in [-0.1, -0.05) is 6.07 Å². The molecule has 5 nitrogen and oxygen atoms in total. The molecule has 1 N–H and O–H groups in total. The summed E-state index contributed by atoms with van der Waals surface area (Å²) in [6.07, 6.45) is 2.71. The van der Waals surface area contributed by atoms with E-state index in [2.05, 4.69) is 16.3 Å². The van der Waals surface area contributed by atoms with Gasteiger partial charge in [0.2, 0.25) is 5.91 Å². The Morgan fingerprint density at radius 3 is 3.00 bits per heavy atom. The molecule has 2 rings (SSSR count). The monoisotopic (exact) mass is 273 g/mol. The summed E-state index contributed by atoms with van der Waals surface area (Å²) >= 11 is 0. The minimum atomic E-state index is -0.0527. The Morgan fingerprint density at radius 1 is 1.55 bits per heavy atom. The number of carbonyl (C=O) groups excluding carboxylic acids is 1. The smallest absolute Gasteiger partial charge is 0.238 e. The molecule has 0 aliphatic heterocycles. The van der Waals surface area contributed by atoms with Crippen LogP contribution in [0.4, 0.5) is 5.69 Å². The van der Waals surface area contributed by atoms with Crippen LogP contribution in [0.1, 0.15) is 19.3 Å². The van der Waals surface area contributed by atoms with E-state index in [-0.39, 0.29) is 5.91 Å². The van der Waals surface area contributed by atoms with Crippen molar-refractivity contribution in [2.24, 2.45) is 0 Å². The standard InChI is InChI=1S/C15H19N3O2/c1-20-14-5-2-4-12(10-14)17-15(19)11-18(9-3-8-16)13-6-7-13/h2,4-5,10,13H,3,6-7,9,11H2,1H3,(H,17,19). The number of anilines is 1. The van der Waals surface area contributed by atoms with Gasteiger partial charge in [0.15, 0.2) is 0 Å². The number of rotatable bonds is 7. The quantitative estimate of drug-likeness (QED) is 0.825. The lowest BCUT2D eigenvalue weighted by atomic mass is 10.3. The number of methoxy groups -OCH3 is 1. The molecule has 0 aromatic heterocycles. The zero-order valence-corrected chi connectivity index (χ0v) is 11.6. The molecule has 0 saturated heterocycles. The summed E-state index contributed by atoms with van der Waals surface area (Å²) in [7, 11) is 1.59. The number of ether oxygens (including phenoxy) is 1. The maximum atomic E-state index is 12.0. The summed E-state index contributed by atoms with van der Waals surface area (Å²) in [5, 5.41) is 11.5. The fraction of sp³-hybridized carbons (Fsp3) is 0.467. The fourth-order valence-electron chi connectivity index (χ4n) is 2.11. The highest BCUT2D eigenvalue weighted by Crippen LogP contribution is 2.26. The Labute approximate surface area is 119 Å². The van der Waals surface area contributed by atoms with Gasteiger partial charge in [0.25, 0.3) is 0 Å². The highest BCUT2D eigenvalue weighted by Gasteiger charge is 2.29. The van der Waals surface area contributed by atoms with Crippen molar-refractivity contribution >= 4 is 11.6 Å². The van der Waals surface area contributed by atoms with E-state index in [1.165, 1.54) is 0 Å². The molecule has 0 unspecified atom stereocenters. The number of carbonyl (C=O) groups is 1. The number of amides is 1. The average Bonchev–Trinajstić information content (AvgIpc) is 3.28. The molecule has 1 fully saturated rings. The van der Waals surface area contributed by atoms with E-state index in [4.69, 9.17) is 10.00 Å². The van der Waals surface area contributed by atoms with Crippen LogP contribution in [0.3, 0.4) is 0 Å². The molecule has 1 amide bonds. The second kappa shape index (κ2) is 6.92. The molecular formula is C15H19N3O2. The minimum absolute atomic E-state index is 0.0527. The van der Waals surface area contributed by atoms with E-state index >= 15 is 0 Å². The van der Waals surface area contributed by atoms with Crippen LogP contribution < -0.4 is 10.1 Å². The molecule has 20 heavy (non-hydrogen) atoms. The third-order valence-electron chi connectivity index (χ3n) is 3.27. The Bertz CT molecular complexity index is 506. The van der Waals surface area contributed by atoms with Crippen molar-refractivity contribution in [2.45, 2.75) is 25.3 Å². The normalized spacial score (nSPS) is 13.8. The molecular weight excluding hydrogens is 254 g/mol. The number of nitrogens with zero attached hydrogens (tertiary/aromatic N) is 2. The van der Waals surface area contributed by atoms with Gasteiger partial charge < -0.3 is 10.1 Å². The van der Waals surface area contributed by atoms with Crippen LogP contribution in [0.5, 0.6) is 5.75 Å². The third kappa shape index (κ3) is 4.25. The molecule has 106 valence electrons. The fourth-order valence-corrected chi connectivity index (χ4v) is 2.11. The zero-order chi connectivity index (χ0) is 14.4. The van der Waals surface area contributed by atoms with Crippen LogP contribution in [0.15, 0.2) is 24.3 Å². The molecule has 5 heteroatoms. The molecule has 0 heterocycles. The molecule has 1 aromatic carbocycles. The van der Waals surface area contributed by atoms with E-state index in [9.17, 15) is 4.79 Å². The summed E-state index contributed by atoms with van der Waals surface area (Å²) in [6, 6.07) is 9.89. The van der Waals surface area contributed by atoms with Crippen molar-refractivity contribution in [3.05, 3.63) is 24.3 Å². The lowest BCUT2D eigenvalue weighted by Crippen LogP contribution is -2.35. The molecule has 0 atom stereocenters. The van der Waals surface area contributed by atoms with Gasteiger partial charge in [-0.05, 0) is 25.0 Å². The molecule has 1 aliphatic carbocycles. The first-order chi connectivity index (χ1) is 9.72. The van der Waals surface area contributed by atoms with Gasteiger partial charge in [-0.15, -0.1) is 0 Å². The first-order valence-corrected chi connectivity index (χ1v) is 6.78. The van der Waals surface area contributed by atoms with Crippen molar-refractivity contribution in [1.29, 1.82) is 5.26 Å². The second-order valence-electron chi connectivity index (χ2n) is 4.89. The van der Waals surface area contributed by atoms with Crippen LogP contribution in [-0.4, -0.2) is 37.0 Å². The molecule has 1 aromatic rings. The second-order valence-corrected chi connectivity index (χ2v) is 4.89. The Morgan fingerprint density at radius 2 is 2.35 bits per heavy atom. The van der Waals surface area contributed by atoms with E-state index in [0.717, 1.165) is 18.5 Å². The van der Waals surface area contributed by atoms with Crippen molar-refractivity contribution < 1.29 is 9.53 Å². The number of nitriles is 1. The Kier molecular flexibility index (Phi) is 4.97. The van der Waals surface area contributed by atoms with E-state index < -0.39 is 0 Å². The lowest BCUT2D eigenvalue weighted by molar-refractivity contribution is -0.117. The number of nitrogens with one attached hydrogen (secondary N) is 1. The van der Waals surface area contributed by atoms with Gasteiger partial charge in [-0.2, -0.15) is 5.26 Å². The van der Waals surface area contributed by atoms with Gasteiger partial charge >= 0.3 is 0 Å². The molecule has 0 spiro atoms. The molecule has 1 aliphatic rings. The third-order valence-corrected chi connectivity index (χ3v) is 3.27. The van der Waals surface area contributed by atoms with Crippen molar-refractivity contribution in [2.75, 3.05) is 25.5 Å². The molecule has 0 radical (unpaired) electrons. The van der Waals surface area contributed by atoms with Gasteiger partial charge in [-0.25, -0.2) is 0 Å². The lowest BCUT2D eigenvalue weighted by Gasteiger charge is -2.19. The van der Waals surface area contributed by atoms with Gasteiger partial charge in [-0.3, -0.25) is 9.69 Å². The van der Waals surface area contributed by atoms with Crippen molar-refractivity contribution in [3.8, 4) is 11.8 Å². The zero-order valence-electron chi connectivity index (χ0n) is 11.6. The molecule has 0 bridgehead atoms. The van der Waals surface area contributed by atoms with Crippen molar-refractivity contribution in [1.82, 2.24) is 4.90 Å². The van der Waals surface area contributed by atoms with E-state index in [0.29, 0.717) is 31.3 Å². The van der Waals surface area contributed by atoms with Crippen LogP contribution in [0, 0.1) is 11.3 Å². The highest BCUT2D eigenvalue weighted by molar-refractivity contribution is 5.92.